The maximum Gasteiger partial charge on any atom is 0.234 e. The highest BCUT2D eigenvalue weighted by atomic mass is 16.5. The molecule has 0 aliphatic rings. The maximum absolute atomic E-state index is 11.7. The van der Waals surface area contributed by atoms with Gasteiger partial charge in [-0.15, -0.1) is 0 Å². The molecule has 20 heavy (non-hydrogen) atoms. The molecule has 0 fully saturated rings. The molecule has 112 valence electrons. The molecule has 0 atom stereocenters. The normalized spacial score (nSPS) is 10.3. The van der Waals surface area contributed by atoms with Crippen LogP contribution in [0.3, 0.4) is 0 Å². The number of carbonyl (C=O) groups excluding carboxylic acids is 1. The number of ether oxygens (including phenoxy) is 2. The third-order valence-corrected chi connectivity index (χ3v) is 2.80. The number of methoxy groups -OCH3 is 1. The average molecular weight is 280 g/mol. The van der Waals surface area contributed by atoms with Gasteiger partial charge in [-0.25, -0.2) is 0 Å². The molecule has 0 spiro atoms. The summed E-state index contributed by atoms with van der Waals surface area (Å²) in [5.41, 5.74) is 0.972. The first-order chi connectivity index (χ1) is 9.77. The van der Waals surface area contributed by atoms with Gasteiger partial charge in [0.25, 0.3) is 0 Å². The van der Waals surface area contributed by atoms with E-state index < -0.39 is 0 Å². The van der Waals surface area contributed by atoms with Crippen molar-refractivity contribution in [2.75, 3.05) is 33.4 Å². The minimum atomic E-state index is -0.0210. The van der Waals surface area contributed by atoms with Crippen molar-refractivity contribution in [1.82, 2.24) is 10.6 Å². The number of benzene rings is 1. The zero-order chi connectivity index (χ0) is 14.6. The van der Waals surface area contributed by atoms with Gasteiger partial charge in [-0.05, 0) is 26.0 Å². The molecule has 0 unspecified atom stereocenters. The molecule has 0 aliphatic heterocycles. The highest BCUT2D eigenvalue weighted by Crippen LogP contribution is 2.16. The van der Waals surface area contributed by atoms with Crippen molar-refractivity contribution in [2.45, 2.75) is 19.9 Å². The summed E-state index contributed by atoms with van der Waals surface area (Å²) < 4.78 is 10.4. The Morgan fingerprint density at radius 3 is 2.85 bits per heavy atom. The standard InChI is InChI=1S/C15H24N2O3/c1-3-20-10-6-9-16-12-15(18)17-11-13-7-4-5-8-14(13)19-2/h4-5,7-8,16H,3,6,9-12H2,1-2H3,(H,17,18). The van der Waals surface area contributed by atoms with Gasteiger partial charge in [-0.1, -0.05) is 18.2 Å². The van der Waals surface area contributed by atoms with E-state index in [0.717, 1.165) is 37.5 Å². The summed E-state index contributed by atoms with van der Waals surface area (Å²) in [5, 5.41) is 5.95. The lowest BCUT2D eigenvalue weighted by atomic mass is 10.2. The van der Waals surface area contributed by atoms with Crippen LogP contribution >= 0.6 is 0 Å². The van der Waals surface area contributed by atoms with Crippen molar-refractivity contribution in [3.63, 3.8) is 0 Å². The maximum atomic E-state index is 11.7. The monoisotopic (exact) mass is 280 g/mol. The fraction of sp³-hybridized carbons (Fsp3) is 0.533. The summed E-state index contributed by atoms with van der Waals surface area (Å²) in [5.74, 6) is 0.768. The number of hydrogen-bond acceptors (Lipinski definition) is 4. The predicted octanol–water partition coefficient (Wildman–Crippen LogP) is 1.33. The topological polar surface area (TPSA) is 59.6 Å². The Morgan fingerprint density at radius 2 is 2.10 bits per heavy atom. The second-order valence-electron chi connectivity index (χ2n) is 4.32. The molecule has 2 N–H and O–H groups in total. The lowest BCUT2D eigenvalue weighted by molar-refractivity contribution is -0.120. The van der Waals surface area contributed by atoms with Crippen LogP contribution in [-0.2, 0) is 16.1 Å². The van der Waals surface area contributed by atoms with Gasteiger partial charge in [0.05, 0.1) is 13.7 Å². The quantitative estimate of drug-likeness (QED) is 0.635. The molecule has 5 nitrogen and oxygen atoms in total. The van der Waals surface area contributed by atoms with E-state index in [1.165, 1.54) is 0 Å². The first-order valence-corrected chi connectivity index (χ1v) is 6.95. The van der Waals surface area contributed by atoms with Crippen molar-refractivity contribution in [3.05, 3.63) is 29.8 Å². The van der Waals surface area contributed by atoms with Crippen molar-refractivity contribution in [2.24, 2.45) is 0 Å². The summed E-state index contributed by atoms with van der Waals surface area (Å²) in [4.78, 5) is 11.7. The molecular weight excluding hydrogens is 256 g/mol. The van der Waals surface area contributed by atoms with Gasteiger partial charge in [-0.3, -0.25) is 4.79 Å². The van der Waals surface area contributed by atoms with Gasteiger partial charge < -0.3 is 20.1 Å². The lowest BCUT2D eigenvalue weighted by Crippen LogP contribution is -2.34. The number of rotatable bonds is 10. The van der Waals surface area contributed by atoms with Gasteiger partial charge >= 0.3 is 0 Å². The summed E-state index contributed by atoms with van der Waals surface area (Å²) >= 11 is 0. The molecule has 1 amide bonds. The first kappa shape index (κ1) is 16.5. The molecule has 0 radical (unpaired) electrons. The number of hydrogen-bond donors (Lipinski definition) is 2. The van der Waals surface area contributed by atoms with Crippen LogP contribution in [0.4, 0.5) is 0 Å². The fourth-order valence-electron chi connectivity index (χ4n) is 1.75. The molecule has 1 aromatic rings. The largest absolute Gasteiger partial charge is 0.496 e. The Bertz CT molecular complexity index is 396. The van der Waals surface area contributed by atoms with E-state index in [1.54, 1.807) is 7.11 Å². The van der Waals surface area contributed by atoms with Crippen molar-refractivity contribution >= 4 is 5.91 Å². The Morgan fingerprint density at radius 1 is 1.30 bits per heavy atom. The number of carbonyl (C=O) groups is 1. The highest BCUT2D eigenvalue weighted by Gasteiger charge is 2.04. The fourth-order valence-corrected chi connectivity index (χ4v) is 1.75. The van der Waals surface area contributed by atoms with Gasteiger partial charge in [0.1, 0.15) is 5.75 Å². The van der Waals surface area contributed by atoms with Crippen LogP contribution in [0.2, 0.25) is 0 Å². The van der Waals surface area contributed by atoms with E-state index in [9.17, 15) is 4.79 Å². The second kappa shape index (κ2) is 10.2. The van der Waals surface area contributed by atoms with Crippen LogP contribution in [0.15, 0.2) is 24.3 Å². The third-order valence-electron chi connectivity index (χ3n) is 2.80. The van der Waals surface area contributed by atoms with Crippen LogP contribution < -0.4 is 15.4 Å². The van der Waals surface area contributed by atoms with E-state index >= 15 is 0 Å². The number of nitrogens with one attached hydrogen (secondary N) is 2. The van der Waals surface area contributed by atoms with Gasteiger partial charge in [0.15, 0.2) is 0 Å². The molecule has 0 bridgehead atoms. The summed E-state index contributed by atoms with van der Waals surface area (Å²) in [7, 11) is 1.63. The Balaban J connectivity index is 2.16. The van der Waals surface area contributed by atoms with Gasteiger partial charge in [-0.2, -0.15) is 0 Å². The minimum Gasteiger partial charge on any atom is -0.496 e. The SMILES string of the molecule is CCOCCCNCC(=O)NCc1ccccc1OC. The lowest BCUT2D eigenvalue weighted by Gasteiger charge is -2.10. The molecule has 0 aliphatic carbocycles. The zero-order valence-electron chi connectivity index (χ0n) is 12.3. The van der Waals surface area contributed by atoms with E-state index in [0.29, 0.717) is 13.1 Å². The molecule has 1 aromatic carbocycles. The van der Waals surface area contributed by atoms with Crippen molar-refractivity contribution in [3.8, 4) is 5.75 Å². The smallest absolute Gasteiger partial charge is 0.234 e. The molecular formula is C15H24N2O3. The van der Waals surface area contributed by atoms with Crippen LogP contribution in [0.5, 0.6) is 5.75 Å². The Kier molecular flexibility index (Phi) is 8.42. The Labute approximate surface area is 120 Å². The highest BCUT2D eigenvalue weighted by molar-refractivity contribution is 5.78. The number of amides is 1. The van der Waals surface area contributed by atoms with Crippen LogP contribution in [0.1, 0.15) is 18.9 Å². The van der Waals surface area contributed by atoms with Crippen LogP contribution in [0, 0.1) is 0 Å². The number of para-hydroxylation sites is 1. The predicted molar refractivity (Wildman–Crippen MR) is 78.8 cm³/mol. The molecule has 5 heteroatoms. The molecule has 0 heterocycles. The molecule has 0 saturated carbocycles. The van der Waals surface area contributed by atoms with E-state index in [4.69, 9.17) is 9.47 Å². The third kappa shape index (κ3) is 6.54. The zero-order valence-corrected chi connectivity index (χ0v) is 12.3. The molecule has 1 rings (SSSR count). The first-order valence-electron chi connectivity index (χ1n) is 6.95. The van der Waals surface area contributed by atoms with Gasteiger partial charge in [0.2, 0.25) is 5.91 Å². The summed E-state index contributed by atoms with van der Waals surface area (Å²) in [6, 6.07) is 7.65. The van der Waals surface area contributed by atoms with E-state index in [2.05, 4.69) is 10.6 Å². The van der Waals surface area contributed by atoms with E-state index in [1.807, 2.05) is 31.2 Å². The molecule has 0 saturated heterocycles. The second-order valence-corrected chi connectivity index (χ2v) is 4.32. The van der Waals surface area contributed by atoms with Crippen LogP contribution in [-0.4, -0.2) is 39.3 Å². The summed E-state index contributed by atoms with van der Waals surface area (Å²) in [6.07, 6.45) is 0.910. The van der Waals surface area contributed by atoms with Crippen molar-refractivity contribution < 1.29 is 14.3 Å². The average Bonchev–Trinajstić information content (AvgIpc) is 2.49. The van der Waals surface area contributed by atoms with E-state index in [-0.39, 0.29) is 5.91 Å². The minimum absolute atomic E-state index is 0.0210. The molecule has 0 aromatic heterocycles. The Hall–Kier alpha value is -1.59. The van der Waals surface area contributed by atoms with Gasteiger partial charge in [0, 0.05) is 25.3 Å². The summed E-state index contributed by atoms with van der Waals surface area (Å²) in [6.45, 7) is 5.01. The van der Waals surface area contributed by atoms with Crippen molar-refractivity contribution in [1.29, 1.82) is 0 Å². The van der Waals surface area contributed by atoms with Crippen LogP contribution in [0.25, 0.3) is 0 Å².